The standard InChI is InChI=1S/C10H21N.C10H10.C8H18N2.C6H12.C4H10S.C3H8.C2H6.2C2H4.CH5N/c1-4-5-7(2)10(11)9-6-8(9)3;1-2-3-7-10-8-5-4-6-9-10;1-4-7-10-8(5-2)9-6-3;1-2-4-6-5-3-1;1-4(2,3)5;1-3-2;4*1-2/h7-10H,4-6,11H2,1-3H3;4-6,8-9H,2H2,1H3;6,8-10H,3-5,7H2,1-2H3;1-6H2;5H,1-3H3;3H2,1-2H3;1-2H3;2*1-2H2;2H2,1H3. The molecule has 53 heavy (non-hydrogen) atoms. The number of thiol groups is 1. The number of nitrogens with two attached hydrogens (primary N) is 2. The zero-order chi connectivity index (χ0) is 42.9. The second-order valence-electron chi connectivity index (χ2n) is 13.5. The predicted molar refractivity (Wildman–Crippen MR) is 255 cm³/mol. The summed E-state index contributed by atoms with van der Waals surface area (Å²) in [6.45, 7) is 44.3. The second-order valence-corrected chi connectivity index (χ2v) is 14.9. The lowest BCUT2D eigenvalue weighted by atomic mass is 9.93. The van der Waals surface area contributed by atoms with Crippen LogP contribution in [0.3, 0.4) is 0 Å². The number of benzene rings is 1. The number of rotatable bonds is 10. The van der Waals surface area contributed by atoms with Gasteiger partial charge in [0.1, 0.15) is 0 Å². The Labute approximate surface area is 342 Å². The molecule has 2 fully saturated rings. The number of hydrogen-bond donors (Lipinski definition) is 5. The fraction of sp³-hybridized carbons (Fsp3) is 0.708. The highest BCUT2D eigenvalue weighted by Crippen LogP contribution is 2.42. The molecule has 0 aliphatic heterocycles. The molecule has 5 atom stereocenters. The first kappa shape index (κ1) is 65.9. The third-order valence-corrected chi connectivity index (χ3v) is 7.12. The van der Waals surface area contributed by atoms with Gasteiger partial charge in [-0.2, -0.15) is 12.6 Å². The minimum atomic E-state index is 0.194. The van der Waals surface area contributed by atoms with Crippen LogP contribution in [0.15, 0.2) is 69.4 Å². The average Bonchev–Trinajstić information content (AvgIpc) is 3.93. The third-order valence-electron chi connectivity index (χ3n) is 7.12. The molecule has 6 N–H and O–H groups in total. The van der Waals surface area contributed by atoms with Gasteiger partial charge >= 0.3 is 0 Å². The van der Waals surface area contributed by atoms with Crippen molar-refractivity contribution in [3.05, 3.63) is 75.0 Å². The molecule has 3 rings (SSSR count). The molecular formula is C48H98N4S. The summed E-state index contributed by atoms with van der Waals surface area (Å²) in [5, 5.41) is 6.46. The second kappa shape index (κ2) is 56.8. The molecule has 2 aliphatic carbocycles. The molecule has 1 aromatic rings. The maximum atomic E-state index is 6.10. The highest BCUT2D eigenvalue weighted by atomic mass is 32.1. The van der Waals surface area contributed by atoms with Gasteiger partial charge in [-0.05, 0) is 75.4 Å². The van der Waals surface area contributed by atoms with E-state index in [0.717, 1.165) is 42.7 Å². The van der Waals surface area contributed by atoms with Crippen LogP contribution in [0.1, 0.15) is 179 Å². The van der Waals surface area contributed by atoms with E-state index in [1.807, 2.05) is 44.2 Å². The van der Waals surface area contributed by atoms with Gasteiger partial charge in [0.15, 0.2) is 0 Å². The summed E-state index contributed by atoms with van der Waals surface area (Å²) in [5.74, 6) is 8.54. The van der Waals surface area contributed by atoms with Gasteiger partial charge in [-0.25, -0.2) is 0 Å². The first-order chi connectivity index (χ1) is 25.4. The van der Waals surface area contributed by atoms with Crippen molar-refractivity contribution in [2.45, 2.75) is 190 Å². The molecule has 4 nitrogen and oxygen atoms in total. The van der Waals surface area contributed by atoms with Gasteiger partial charge in [0, 0.05) is 22.8 Å². The van der Waals surface area contributed by atoms with Crippen LogP contribution < -0.4 is 22.1 Å². The predicted octanol–water partition coefficient (Wildman–Crippen LogP) is 14.0. The molecule has 1 aromatic carbocycles. The quantitative estimate of drug-likeness (QED) is 0.0712. The van der Waals surface area contributed by atoms with Crippen molar-refractivity contribution in [3.8, 4) is 11.8 Å². The van der Waals surface area contributed by atoms with Gasteiger partial charge in [-0.15, -0.1) is 26.3 Å². The van der Waals surface area contributed by atoms with E-state index in [2.05, 4.69) is 150 Å². The van der Waals surface area contributed by atoms with Crippen molar-refractivity contribution in [3.63, 3.8) is 0 Å². The smallest absolute Gasteiger partial charge is 0.0760 e. The summed E-state index contributed by atoms with van der Waals surface area (Å²) in [5.41, 5.74) is 11.7. The minimum Gasteiger partial charge on any atom is -0.376 e. The first-order valence-electron chi connectivity index (χ1n) is 21.1. The fourth-order valence-electron chi connectivity index (χ4n) is 4.51. The highest BCUT2D eigenvalue weighted by molar-refractivity contribution is 7.81. The van der Waals surface area contributed by atoms with E-state index in [9.17, 15) is 0 Å². The van der Waals surface area contributed by atoms with E-state index in [-0.39, 0.29) is 4.75 Å². The summed E-state index contributed by atoms with van der Waals surface area (Å²) in [6, 6.07) is 10.5. The molecule has 2 saturated carbocycles. The normalized spacial score (nSPS) is 15.7. The van der Waals surface area contributed by atoms with E-state index < -0.39 is 0 Å². The van der Waals surface area contributed by atoms with Crippen molar-refractivity contribution >= 4 is 12.6 Å². The fourth-order valence-corrected chi connectivity index (χ4v) is 4.51. The van der Waals surface area contributed by atoms with Crippen LogP contribution in [0.4, 0.5) is 0 Å². The number of hydrogen-bond acceptors (Lipinski definition) is 5. The summed E-state index contributed by atoms with van der Waals surface area (Å²) in [4.78, 5) is 0. The lowest BCUT2D eigenvalue weighted by Crippen LogP contribution is -2.39. The Morgan fingerprint density at radius 3 is 1.55 bits per heavy atom. The van der Waals surface area contributed by atoms with Gasteiger partial charge in [0.05, 0.1) is 6.17 Å². The molecule has 2 aliphatic rings. The monoisotopic (exact) mass is 763 g/mol. The maximum absolute atomic E-state index is 6.10. The first-order valence-corrected chi connectivity index (χ1v) is 21.5. The number of nitrogens with one attached hydrogen (secondary N) is 2. The maximum Gasteiger partial charge on any atom is 0.0760 e. The lowest BCUT2D eigenvalue weighted by molar-refractivity contribution is 0.377. The van der Waals surface area contributed by atoms with Crippen molar-refractivity contribution in [2.24, 2.45) is 29.2 Å². The Hall–Kier alpha value is -1.97. The van der Waals surface area contributed by atoms with Crippen LogP contribution in [0, 0.1) is 29.6 Å². The van der Waals surface area contributed by atoms with Crippen molar-refractivity contribution < 1.29 is 0 Å². The topological polar surface area (TPSA) is 76.1 Å². The summed E-state index contributed by atoms with van der Waals surface area (Å²) in [6.07, 6.45) is 19.5. The van der Waals surface area contributed by atoms with E-state index in [4.69, 9.17) is 5.73 Å². The molecule has 0 radical (unpaired) electrons. The molecule has 0 aromatic heterocycles. The molecule has 0 spiro atoms. The van der Waals surface area contributed by atoms with E-state index in [1.165, 1.54) is 77.7 Å². The van der Waals surface area contributed by atoms with Gasteiger partial charge in [-0.1, -0.05) is 178 Å². The highest BCUT2D eigenvalue weighted by Gasteiger charge is 2.39. The van der Waals surface area contributed by atoms with E-state index >= 15 is 0 Å². The van der Waals surface area contributed by atoms with Crippen LogP contribution >= 0.6 is 12.6 Å². The Bertz CT molecular complexity index is 804. The van der Waals surface area contributed by atoms with Gasteiger partial charge in [-0.3, -0.25) is 5.32 Å². The Kier molecular flexibility index (Phi) is 70.6. The largest absolute Gasteiger partial charge is 0.376 e. The van der Waals surface area contributed by atoms with Crippen LogP contribution in [0.5, 0.6) is 0 Å². The molecule has 5 heteroatoms. The molecule has 0 bridgehead atoms. The van der Waals surface area contributed by atoms with E-state index in [1.54, 1.807) is 6.20 Å². The zero-order valence-corrected chi connectivity index (χ0v) is 39.3. The lowest BCUT2D eigenvalue weighted by Gasteiger charge is -2.18. The molecule has 0 amide bonds. The molecule has 316 valence electrons. The van der Waals surface area contributed by atoms with Crippen LogP contribution in [-0.4, -0.2) is 30.5 Å². The molecule has 5 unspecified atom stereocenters. The summed E-state index contributed by atoms with van der Waals surface area (Å²) in [7, 11) is 1.50. The molecular weight excluding hydrogens is 665 g/mol. The SMILES string of the molecule is C1CCCCC1.C=C.C=C.C=CNC(CC)NCCC.CC.CC(C)(C)S.CCC.CCC#Cc1ccccc1.CCCC(C)C(N)C1CC1C.CN. The van der Waals surface area contributed by atoms with E-state index in [0.29, 0.717) is 12.2 Å². The third kappa shape index (κ3) is 65.3. The van der Waals surface area contributed by atoms with Gasteiger partial charge in [0.2, 0.25) is 0 Å². The van der Waals surface area contributed by atoms with Gasteiger partial charge < -0.3 is 16.8 Å². The zero-order valence-electron chi connectivity index (χ0n) is 38.4. The summed E-state index contributed by atoms with van der Waals surface area (Å²) < 4.78 is 0.194. The Morgan fingerprint density at radius 1 is 0.868 bits per heavy atom. The Morgan fingerprint density at radius 2 is 1.26 bits per heavy atom. The van der Waals surface area contributed by atoms with Crippen LogP contribution in [0.2, 0.25) is 0 Å². The average molecular weight is 763 g/mol. The van der Waals surface area contributed by atoms with Crippen LogP contribution in [-0.2, 0) is 0 Å². The van der Waals surface area contributed by atoms with Crippen molar-refractivity contribution in [1.82, 2.24) is 10.6 Å². The Balaban J connectivity index is -0.0000000951. The minimum absolute atomic E-state index is 0.194. The van der Waals surface area contributed by atoms with Gasteiger partial charge in [0.25, 0.3) is 0 Å². The van der Waals surface area contributed by atoms with Crippen LogP contribution in [0.25, 0.3) is 0 Å². The van der Waals surface area contributed by atoms with Crippen molar-refractivity contribution in [2.75, 3.05) is 13.6 Å². The van der Waals surface area contributed by atoms with Crippen molar-refractivity contribution in [1.29, 1.82) is 0 Å². The molecule has 0 heterocycles. The summed E-state index contributed by atoms with van der Waals surface area (Å²) >= 11 is 4.12. The molecule has 0 saturated heterocycles.